The van der Waals surface area contributed by atoms with E-state index < -0.39 is 6.17 Å². The zero-order chi connectivity index (χ0) is 10.6. The quantitative estimate of drug-likeness (QED) is 0.751. The summed E-state index contributed by atoms with van der Waals surface area (Å²) in [6.45, 7) is 1.47. The Morgan fingerprint density at radius 3 is 2.86 bits per heavy atom. The number of phenolic OH excluding ortho intramolecular Hbond substituents is 1. The van der Waals surface area contributed by atoms with Crippen molar-refractivity contribution >= 4 is 6.29 Å². The fraction of sp³-hybridized carbons (Fsp3) is 0.364. The van der Waals surface area contributed by atoms with Gasteiger partial charge in [-0.2, -0.15) is 0 Å². The summed E-state index contributed by atoms with van der Waals surface area (Å²) in [7, 11) is 0. The molecule has 0 spiro atoms. The average molecular weight is 196 g/mol. The Bertz CT molecular complexity index is 321. The predicted molar refractivity (Wildman–Crippen MR) is 52.4 cm³/mol. The number of benzene rings is 1. The minimum atomic E-state index is -0.894. The van der Waals surface area contributed by atoms with Gasteiger partial charge in [0, 0.05) is 0 Å². The maximum Gasteiger partial charge on any atom is 0.153 e. The van der Waals surface area contributed by atoms with Crippen molar-refractivity contribution in [1.82, 2.24) is 0 Å². The van der Waals surface area contributed by atoms with Crippen LogP contribution in [0.2, 0.25) is 0 Å². The van der Waals surface area contributed by atoms with E-state index in [-0.39, 0.29) is 11.3 Å². The lowest BCUT2D eigenvalue weighted by Crippen LogP contribution is -1.97. The van der Waals surface area contributed by atoms with Crippen LogP contribution < -0.4 is 0 Å². The molecule has 1 rings (SSSR count). The molecule has 14 heavy (non-hydrogen) atoms. The zero-order valence-corrected chi connectivity index (χ0v) is 8.03. The lowest BCUT2D eigenvalue weighted by molar-refractivity contribution is 0.112. The van der Waals surface area contributed by atoms with Gasteiger partial charge in [-0.05, 0) is 31.4 Å². The number of aromatic hydroxyl groups is 1. The Kier molecular flexibility index (Phi) is 3.63. The summed E-state index contributed by atoms with van der Waals surface area (Å²) in [5, 5.41) is 9.55. The average Bonchev–Trinajstić information content (AvgIpc) is 2.16. The normalized spacial score (nSPS) is 12.4. The maximum absolute atomic E-state index is 12.6. The van der Waals surface area contributed by atoms with Gasteiger partial charge in [0.15, 0.2) is 6.29 Å². The number of phenols is 1. The summed E-state index contributed by atoms with van der Waals surface area (Å²) in [6.07, 6.45) is 0.507. The third-order valence-electron chi connectivity index (χ3n) is 2.09. The van der Waals surface area contributed by atoms with Crippen molar-refractivity contribution in [1.29, 1.82) is 0 Å². The van der Waals surface area contributed by atoms with Gasteiger partial charge in [0.2, 0.25) is 0 Å². The molecule has 76 valence electrons. The molecule has 0 saturated carbocycles. The minimum absolute atomic E-state index is 0.0249. The number of hydrogen-bond donors (Lipinski definition) is 1. The molecule has 2 nitrogen and oxygen atoms in total. The van der Waals surface area contributed by atoms with E-state index in [9.17, 15) is 14.3 Å². The number of carbonyl (C=O) groups is 1. The molecule has 0 aliphatic heterocycles. The van der Waals surface area contributed by atoms with Crippen molar-refractivity contribution in [2.75, 3.05) is 0 Å². The summed E-state index contributed by atoms with van der Waals surface area (Å²) in [5.74, 6) is -0.0249. The van der Waals surface area contributed by atoms with E-state index in [0.717, 1.165) is 0 Å². The molecule has 0 aliphatic carbocycles. The van der Waals surface area contributed by atoms with Crippen LogP contribution in [0.3, 0.4) is 0 Å². The van der Waals surface area contributed by atoms with Gasteiger partial charge in [0.05, 0.1) is 11.7 Å². The zero-order valence-electron chi connectivity index (χ0n) is 8.03. The molecule has 0 amide bonds. The van der Waals surface area contributed by atoms with Crippen molar-refractivity contribution < 1.29 is 14.3 Å². The molecule has 1 atom stereocenters. The van der Waals surface area contributed by atoms with Gasteiger partial charge in [-0.1, -0.05) is 12.1 Å². The van der Waals surface area contributed by atoms with Crippen molar-refractivity contribution in [2.24, 2.45) is 0 Å². The first-order valence-electron chi connectivity index (χ1n) is 4.55. The number of para-hydroxylation sites is 1. The SMILES string of the molecule is CC(F)CCc1cccc(C=O)c1O. The maximum atomic E-state index is 12.6. The van der Waals surface area contributed by atoms with Crippen molar-refractivity contribution in [2.45, 2.75) is 25.9 Å². The molecule has 1 unspecified atom stereocenters. The first kappa shape index (κ1) is 10.7. The van der Waals surface area contributed by atoms with Gasteiger partial charge in [-0.3, -0.25) is 4.79 Å². The largest absolute Gasteiger partial charge is 0.507 e. The topological polar surface area (TPSA) is 37.3 Å². The van der Waals surface area contributed by atoms with Gasteiger partial charge in [-0.25, -0.2) is 4.39 Å². The van der Waals surface area contributed by atoms with E-state index in [2.05, 4.69) is 0 Å². The van der Waals surface area contributed by atoms with Gasteiger partial charge in [0.25, 0.3) is 0 Å². The summed E-state index contributed by atoms with van der Waals surface area (Å²) in [5.41, 5.74) is 0.883. The lowest BCUT2D eigenvalue weighted by Gasteiger charge is -2.06. The molecule has 0 heterocycles. The Labute approximate surface area is 82.4 Å². The second-order valence-electron chi connectivity index (χ2n) is 3.29. The molecular formula is C11H13FO2. The molecule has 0 fully saturated rings. The first-order valence-corrected chi connectivity index (χ1v) is 4.55. The van der Waals surface area contributed by atoms with E-state index in [1.807, 2.05) is 0 Å². The monoisotopic (exact) mass is 196 g/mol. The second kappa shape index (κ2) is 4.74. The summed E-state index contributed by atoms with van der Waals surface area (Å²) in [4.78, 5) is 10.5. The Hall–Kier alpha value is -1.38. The number of carbonyl (C=O) groups excluding carboxylic acids is 1. The lowest BCUT2D eigenvalue weighted by atomic mass is 10.0. The Morgan fingerprint density at radius 2 is 2.29 bits per heavy atom. The van der Waals surface area contributed by atoms with Crippen LogP contribution in [0.4, 0.5) is 4.39 Å². The van der Waals surface area contributed by atoms with Crippen LogP contribution in [0.25, 0.3) is 0 Å². The Morgan fingerprint density at radius 1 is 1.57 bits per heavy atom. The van der Waals surface area contributed by atoms with Crippen LogP contribution in [-0.2, 0) is 6.42 Å². The van der Waals surface area contributed by atoms with Crippen molar-refractivity contribution in [3.63, 3.8) is 0 Å². The molecular weight excluding hydrogens is 183 g/mol. The third-order valence-corrected chi connectivity index (χ3v) is 2.09. The number of hydrogen-bond acceptors (Lipinski definition) is 2. The van der Waals surface area contributed by atoms with E-state index >= 15 is 0 Å². The van der Waals surface area contributed by atoms with Crippen LogP contribution >= 0.6 is 0 Å². The van der Waals surface area contributed by atoms with Crippen LogP contribution in [0, 0.1) is 0 Å². The van der Waals surface area contributed by atoms with E-state index in [1.54, 1.807) is 12.1 Å². The molecule has 1 aromatic rings. The summed E-state index contributed by atoms with van der Waals surface area (Å²) >= 11 is 0. The van der Waals surface area contributed by atoms with E-state index in [1.165, 1.54) is 13.0 Å². The molecule has 0 aromatic heterocycles. The molecule has 3 heteroatoms. The standard InChI is InChI=1S/C11H13FO2/c1-8(12)5-6-9-3-2-4-10(7-13)11(9)14/h2-4,7-8,14H,5-6H2,1H3. The molecule has 1 aromatic carbocycles. The van der Waals surface area contributed by atoms with E-state index in [0.29, 0.717) is 24.7 Å². The van der Waals surface area contributed by atoms with Gasteiger partial charge < -0.3 is 5.11 Å². The third kappa shape index (κ3) is 2.55. The minimum Gasteiger partial charge on any atom is -0.507 e. The van der Waals surface area contributed by atoms with Crippen LogP contribution in [0.15, 0.2) is 18.2 Å². The van der Waals surface area contributed by atoms with Crippen molar-refractivity contribution in [3.05, 3.63) is 29.3 Å². The van der Waals surface area contributed by atoms with Gasteiger partial charge >= 0.3 is 0 Å². The molecule has 0 radical (unpaired) electrons. The summed E-state index contributed by atoms with van der Waals surface area (Å²) in [6, 6.07) is 4.91. The highest BCUT2D eigenvalue weighted by Crippen LogP contribution is 2.22. The highest BCUT2D eigenvalue weighted by molar-refractivity contribution is 5.79. The number of halogens is 1. The van der Waals surface area contributed by atoms with Crippen LogP contribution in [0.1, 0.15) is 29.3 Å². The smallest absolute Gasteiger partial charge is 0.153 e. The molecule has 0 bridgehead atoms. The fourth-order valence-electron chi connectivity index (χ4n) is 1.26. The molecule has 0 aliphatic rings. The number of rotatable bonds is 4. The predicted octanol–water partition coefficient (Wildman–Crippen LogP) is 2.50. The van der Waals surface area contributed by atoms with Crippen molar-refractivity contribution in [3.8, 4) is 5.75 Å². The Balaban J connectivity index is 2.81. The second-order valence-corrected chi connectivity index (χ2v) is 3.29. The first-order chi connectivity index (χ1) is 6.65. The fourth-order valence-corrected chi connectivity index (χ4v) is 1.26. The number of aldehydes is 1. The molecule has 1 N–H and O–H groups in total. The molecule has 0 saturated heterocycles. The highest BCUT2D eigenvalue weighted by atomic mass is 19.1. The van der Waals surface area contributed by atoms with Gasteiger partial charge in [-0.15, -0.1) is 0 Å². The van der Waals surface area contributed by atoms with Crippen LogP contribution in [-0.4, -0.2) is 17.6 Å². The number of alkyl halides is 1. The highest BCUT2D eigenvalue weighted by Gasteiger charge is 2.07. The summed E-state index contributed by atoms with van der Waals surface area (Å²) < 4.78 is 12.6. The van der Waals surface area contributed by atoms with Crippen LogP contribution in [0.5, 0.6) is 5.75 Å². The number of aryl methyl sites for hydroxylation is 1. The van der Waals surface area contributed by atoms with Gasteiger partial charge in [0.1, 0.15) is 5.75 Å². The van der Waals surface area contributed by atoms with E-state index in [4.69, 9.17) is 0 Å².